The molecule has 0 atom stereocenters. The molecule has 0 aliphatic rings. The number of aryl methyl sites for hydroxylation is 2. The van der Waals surface area contributed by atoms with Crippen molar-refractivity contribution in [3.05, 3.63) is 72.3 Å². The van der Waals surface area contributed by atoms with Gasteiger partial charge in [0.15, 0.2) is 0 Å². The van der Waals surface area contributed by atoms with Crippen molar-refractivity contribution in [1.82, 2.24) is 19.8 Å². The zero-order chi connectivity index (χ0) is 30.6. The van der Waals surface area contributed by atoms with Crippen LogP contribution in [0.2, 0.25) is 0 Å². The monoisotopic (exact) mass is 744 g/mol. The number of carbonyl (C=O) groups is 2. The van der Waals surface area contributed by atoms with Crippen LogP contribution in [-0.4, -0.2) is 60.1 Å². The number of rotatable bonds is 14. The van der Waals surface area contributed by atoms with E-state index in [1.807, 2.05) is 36.4 Å². The molecule has 0 unspecified atom stereocenters. The molecule has 0 aliphatic heterocycles. The van der Waals surface area contributed by atoms with Crippen LogP contribution in [0.5, 0.6) is 11.5 Å². The number of hydrogen-bond donors (Lipinski definition) is 0. The first-order valence-corrected chi connectivity index (χ1v) is 15.4. The molecule has 8 nitrogen and oxygen atoms in total. The zero-order valence-electron chi connectivity index (χ0n) is 26.8. The highest BCUT2D eigenvalue weighted by Gasteiger charge is 2.13. The molecule has 0 aliphatic carbocycles. The lowest BCUT2D eigenvalue weighted by atomic mass is 10.0. The summed E-state index contributed by atoms with van der Waals surface area (Å²) in [5, 5.41) is 3.96. The van der Waals surface area contributed by atoms with Gasteiger partial charge in [0.1, 0.15) is 11.5 Å². The second-order valence-electron chi connectivity index (χ2n) is 11.4. The minimum Gasteiger partial charge on any atom is -0.410 e. The van der Waals surface area contributed by atoms with E-state index in [0.29, 0.717) is 11.5 Å². The number of pyridine rings is 2. The molecule has 0 saturated heterocycles. The summed E-state index contributed by atoms with van der Waals surface area (Å²) in [5.41, 5.74) is 2.12. The zero-order valence-corrected chi connectivity index (χ0v) is 30.2. The maximum Gasteiger partial charge on any atom is 0.414 e. The summed E-state index contributed by atoms with van der Waals surface area (Å²) in [7, 11) is 6.71. The number of carbonyl (C=O) groups excluding carboxylic acids is 2. The summed E-state index contributed by atoms with van der Waals surface area (Å²) in [6, 6.07) is 15.4. The Morgan fingerprint density at radius 2 is 0.889 bits per heavy atom. The number of fused-ring (bicyclic) bond motifs is 2. The third-order valence-corrected chi connectivity index (χ3v) is 7.65. The van der Waals surface area contributed by atoms with Crippen LogP contribution >= 0.6 is 34.0 Å². The van der Waals surface area contributed by atoms with E-state index in [9.17, 15) is 9.59 Å². The Morgan fingerprint density at radius 1 is 0.533 bits per heavy atom. The average Bonchev–Trinajstić information content (AvgIpc) is 3.00. The van der Waals surface area contributed by atoms with E-state index in [4.69, 9.17) is 9.47 Å². The number of ether oxygens (including phenoxy) is 2. The fourth-order valence-electron chi connectivity index (χ4n) is 5.25. The van der Waals surface area contributed by atoms with Gasteiger partial charge in [0.25, 0.3) is 0 Å². The number of halogens is 2. The van der Waals surface area contributed by atoms with Gasteiger partial charge in [-0.05, 0) is 49.9 Å². The van der Waals surface area contributed by atoms with Crippen LogP contribution in [0.4, 0.5) is 9.59 Å². The smallest absolute Gasteiger partial charge is 0.410 e. The second-order valence-corrected chi connectivity index (χ2v) is 11.4. The third kappa shape index (κ3) is 11.0. The minimum absolute atomic E-state index is 0. The number of amides is 2. The SMILES string of the molecule is Br.Br.CN(C)C(=O)Oc1cccc2c(CCCCCCCCCCCc3nccc4c(OC(=O)N(C)C)cccc34)nccc12. The van der Waals surface area contributed by atoms with Crippen LogP contribution in [0.25, 0.3) is 21.5 Å². The quantitative estimate of drug-likeness (QED) is 0.120. The van der Waals surface area contributed by atoms with Gasteiger partial charge in [0.05, 0.1) is 0 Å². The summed E-state index contributed by atoms with van der Waals surface area (Å²) in [4.78, 5) is 36.2. The Labute approximate surface area is 288 Å². The lowest BCUT2D eigenvalue weighted by Crippen LogP contribution is -2.25. The Morgan fingerprint density at radius 3 is 1.24 bits per heavy atom. The summed E-state index contributed by atoms with van der Waals surface area (Å²) in [6.45, 7) is 0. The van der Waals surface area contributed by atoms with Crippen molar-refractivity contribution >= 4 is 67.7 Å². The topological polar surface area (TPSA) is 84.9 Å². The van der Waals surface area contributed by atoms with Gasteiger partial charge < -0.3 is 19.3 Å². The van der Waals surface area contributed by atoms with E-state index in [0.717, 1.165) is 58.6 Å². The highest BCUT2D eigenvalue weighted by molar-refractivity contribution is 8.93. The van der Waals surface area contributed by atoms with Gasteiger partial charge in [-0.1, -0.05) is 69.2 Å². The Balaban J connectivity index is 0.00000353. The molecular formula is C35H46Br2N4O4. The molecular weight excluding hydrogens is 700 g/mol. The number of hydrogen-bond acceptors (Lipinski definition) is 6. The predicted molar refractivity (Wildman–Crippen MR) is 193 cm³/mol. The molecule has 2 heterocycles. The molecule has 4 aromatic rings. The Kier molecular flexibility index (Phi) is 16.3. The molecule has 0 spiro atoms. The number of unbranched alkanes of at least 4 members (excludes halogenated alkanes) is 8. The summed E-state index contributed by atoms with van der Waals surface area (Å²) in [5.74, 6) is 1.15. The number of nitrogens with zero attached hydrogens (tertiary/aromatic N) is 4. The van der Waals surface area contributed by atoms with Gasteiger partial charge in [-0.2, -0.15) is 0 Å². The lowest BCUT2D eigenvalue weighted by Gasteiger charge is -2.13. The lowest BCUT2D eigenvalue weighted by molar-refractivity contribution is 0.171. The van der Waals surface area contributed by atoms with E-state index < -0.39 is 0 Å². The van der Waals surface area contributed by atoms with Gasteiger partial charge in [-0.25, -0.2) is 9.59 Å². The van der Waals surface area contributed by atoms with Gasteiger partial charge >= 0.3 is 12.2 Å². The first-order chi connectivity index (χ1) is 20.8. The van der Waals surface area contributed by atoms with Crippen LogP contribution in [0.1, 0.15) is 69.2 Å². The molecule has 244 valence electrons. The van der Waals surface area contributed by atoms with Gasteiger partial charge in [-0.3, -0.25) is 9.97 Å². The van der Waals surface area contributed by atoms with Crippen molar-refractivity contribution in [2.45, 2.75) is 70.6 Å². The van der Waals surface area contributed by atoms with Crippen molar-refractivity contribution in [3.8, 4) is 11.5 Å². The van der Waals surface area contributed by atoms with Crippen molar-refractivity contribution in [1.29, 1.82) is 0 Å². The fourth-order valence-corrected chi connectivity index (χ4v) is 5.25. The third-order valence-electron chi connectivity index (χ3n) is 7.65. The molecule has 45 heavy (non-hydrogen) atoms. The summed E-state index contributed by atoms with van der Waals surface area (Å²) < 4.78 is 11.1. The highest BCUT2D eigenvalue weighted by Crippen LogP contribution is 2.29. The predicted octanol–water partition coefficient (Wildman–Crippen LogP) is 9.36. The Bertz CT molecular complexity index is 1420. The fraction of sp³-hybridized carbons (Fsp3) is 0.429. The van der Waals surface area contributed by atoms with Gasteiger partial charge in [0, 0.05) is 73.5 Å². The van der Waals surface area contributed by atoms with Crippen LogP contribution in [0.15, 0.2) is 60.9 Å². The molecule has 10 heteroatoms. The Hall–Kier alpha value is -3.24. The van der Waals surface area contributed by atoms with E-state index in [-0.39, 0.29) is 46.1 Å². The standard InChI is InChI=1S/C35H44N4O4.2BrH/c1-38(2)34(40)42-32-20-14-16-26-28(32)22-24-36-30(26)18-12-10-8-6-5-7-9-11-13-19-31-27-17-15-21-33(29(27)23-25-37-31)43-35(41)39(3)4;;/h14-17,20-25H,5-13,18-19H2,1-4H3;2*1H. The average molecular weight is 747 g/mol. The molecule has 0 N–H and O–H groups in total. The maximum absolute atomic E-state index is 12.0. The maximum atomic E-state index is 12.0. The largest absolute Gasteiger partial charge is 0.414 e. The van der Waals surface area contributed by atoms with Crippen molar-refractivity contribution in [2.75, 3.05) is 28.2 Å². The first-order valence-electron chi connectivity index (χ1n) is 15.4. The van der Waals surface area contributed by atoms with Crippen LogP contribution in [-0.2, 0) is 12.8 Å². The van der Waals surface area contributed by atoms with Crippen LogP contribution < -0.4 is 9.47 Å². The van der Waals surface area contributed by atoms with Gasteiger partial charge in [0.2, 0.25) is 0 Å². The van der Waals surface area contributed by atoms with E-state index in [2.05, 4.69) is 22.1 Å². The number of benzene rings is 2. The van der Waals surface area contributed by atoms with Crippen molar-refractivity contribution in [2.24, 2.45) is 0 Å². The molecule has 2 aromatic carbocycles. The minimum atomic E-state index is -0.382. The highest BCUT2D eigenvalue weighted by atomic mass is 79.9. The second kappa shape index (κ2) is 19.3. The van der Waals surface area contributed by atoms with Gasteiger partial charge in [-0.15, -0.1) is 34.0 Å². The van der Waals surface area contributed by atoms with E-state index in [1.54, 1.807) is 40.6 Å². The summed E-state index contributed by atoms with van der Waals surface area (Å²) in [6.07, 6.45) is 15.5. The molecule has 0 saturated carbocycles. The molecule has 0 bridgehead atoms. The van der Waals surface area contributed by atoms with Crippen LogP contribution in [0.3, 0.4) is 0 Å². The van der Waals surface area contributed by atoms with E-state index in [1.165, 1.54) is 54.7 Å². The number of aromatic nitrogens is 2. The molecule has 0 fully saturated rings. The molecule has 4 rings (SSSR count). The normalized spacial score (nSPS) is 10.6. The molecule has 2 amide bonds. The van der Waals surface area contributed by atoms with Crippen molar-refractivity contribution < 1.29 is 19.1 Å². The first kappa shape index (κ1) is 37.9. The molecule has 2 aromatic heterocycles. The molecule has 0 radical (unpaired) electrons. The van der Waals surface area contributed by atoms with E-state index >= 15 is 0 Å². The van der Waals surface area contributed by atoms with Crippen LogP contribution in [0, 0.1) is 0 Å². The van der Waals surface area contributed by atoms with Crippen molar-refractivity contribution in [3.63, 3.8) is 0 Å². The summed E-state index contributed by atoms with van der Waals surface area (Å²) >= 11 is 0.